The second-order valence-corrected chi connectivity index (χ2v) is 8.74. The predicted octanol–water partition coefficient (Wildman–Crippen LogP) is 4.52. The third-order valence-corrected chi connectivity index (χ3v) is 6.11. The van der Waals surface area contributed by atoms with Crippen molar-refractivity contribution in [2.24, 2.45) is 4.99 Å². The average Bonchev–Trinajstić information content (AvgIpc) is 3.40. The van der Waals surface area contributed by atoms with Gasteiger partial charge in [0.05, 0.1) is 35.4 Å². The summed E-state index contributed by atoms with van der Waals surface area (Å²) in [5.41, 5.74) is 0.0321. The minimum Gasteiger partial charge on any atom is -0.467 e. The summed E-state index contributed by atoms with van der Waals surface area (Å²) in [6.45, 7) is 1.73. The number of hydrogen-bond acceptors (Lipinski definition) is 6. The summed E-state index contributed by atoms with van der Waals surface area (Å²) in [5, 5.41) is 0.554. The molecule has 0 N–H and O–H groups in total. The van der Waals surface area contributed by atoms with Crippen molar-refractivity contribution in [1.82, 2.24) is 14.0 Å². The van der Waals surface area contributed by atoms with Gasteiger partial charge in [-0.25, -0.2) is 9.78 Å². The number of carbonyl (C=O) groups excluding carboxylic acids is 2. The fourth-order valence-corrected chi connectivity index (χ4v) is 4.25. The van der Waals surface area contributed by atoms with Crippen LogP contribution >= 0.6 is 23.2 Å². The van der Waals surface area contributed by atoms with Crippen LogP contribution in [0.1, 0.15) is 33.4 Å². The van der Waals surface area contributed by atoms with Crippen LogP contribution in [0.2, 0.25) is 10.0 Å². The number of pyridine rings is 2. The minimum atomic E-state index is -0.765. The van der Waals surface area contributed by atoms with E-state index >= 15 is 0 Å². The lowest BCUT2D eigenvalue weighted by Gasteiger charge is -2.14. The number of esters is 1. The first-order chi connectivity index (χ1) is 17.9. The smallest absolute Gasteiger partial charge is 0.341 e. The molecule has 186 valence electrons. The van der Waals surface area contributed by atoms with E-state index in [1.165, 1.54) is 33.4 Å². The topological polar surface area (TPSA) is 108 Å². The van der Waals surface area contributed by atoms with Crippen LogP contribution in [0.4, 0.5) is 0 Å². The van der Waals surface area contributed by atoms with E-state index in [9.17, 15) is 14.4 Å². The molecule has 0 bridgehead atoms. The highest BCUT2D eigenvalue weighted by atomic mass is 35.5. The monoisotopic (exact) mass is 536 g/mol. The highest BCUT2D eigenvalue weighted by Crippen LogP contribution is 2.21. The van der Waals surface area contributed by atoms with Crippen molar-refractivity contribution in [2.75, 3.05) is 6.61 Å². The Bertz CT molecular complexity index is 1810. The highest BCUT2D eigenvalue weighted by molar-refractivity contribution is 6.35. The Hall–Kier alpha value is -4.21. The maximum absolute atomic E-state index is 13.4. The van der Waals surface area contributed by atoms with Crippen molar-refractivity contribution in [2.45, 2.75) is 13.5 Å². The standard InChI is InChI=1S/C26H18Cl2N4O5/c1-2-36-26(35)19-13-18-22(29-21-7-3-4-10-31(21)25(18)34)32(14-16-6-5-11-37-16)23(19)30-24(33)17-12-15(27)8-9-20(17)28/h3-13H,2,14H2,1H3. The molecule has 1 amide bonds. The van der Waals surface area contributed by atoms with Gasteiger partial charge in [-0.3, -0.25) is 14.0 Å². The number of furan rings is 1. The van der Waals surface area contributed by atoms with Crippen molar-refractivity contribution >= 4 is 51.8 Å². The van der Waals surface area contributed by atoms with Gasteiger partial charge in [0.15, 0.2) is 5.49 Å². The van der Waals surface area contributed by atoms with Crippen molar-refractivity contribution in [3.63, 3.8) is 0 Å². The summed E-state index contributed by atoms with van der Waals surface area (Å²) in [5.74, 6) is -1.03. The van der Waals surface area contributed by atoms with Gasteiger partial charge in [0.25, 0.3) is 11.5 Å². The van der Waals surface area contributed by atoms with Crippen LogP contribution in [0.5, 0.6) is 0 Å². The molecule has 1 aromatic carbocycles. The van der Waals surface area contributed by atoms with E-state index in [-0.39, 0.29) is 50.8 Å². The number of carbonyl (C=O) groups is 2. The van der Waals surface area contributed by atoms with Crippen molar-refractivity contribution < 1.29 is 18.7 Å². The molecule has 0 saturated heterocycles. The third-order valence-electron chi connectivity index (χ3n) is 5.55. The van der Waals surface area contributed by atoms with E-state index in [1.807, 2.05) is 0 Å². The van der Waals surface area contributed by atoms with Crippen molar-refractivity contribution in [1.29, 1.82) is 0 Å². The van der Waals surface area contributed by atoms with Crippen molar-refractivity contribution in [3.8, 4) is 0 Å². The van der Waals surface area contributed by atoms with Crippen LogP contribution in [0, 0.1) is 0 Å². The number of benzene rings is 1. The van der Waals surface area contributed by atoms with Gasteiger partial charge in [0, 0.05) is 11.2 Å². The first-order valence-corrected chi connectivity index (χ1v) is 11.9. The molecular weight excluding hydrogens is 519 g/mol. The lowest BCUT2D eigenvalue weighted by molar-refractivity contribution is 0.0523. The SMILES string of the molecule is CCOC(=O)c1cc2c(=O)n3ccccc3nc2n(Cc2ccco2)c1=NC(=O)c1cc(Cl)ccc1Cl. The minimum absolute atomic E-state index is 0.0155. The number of rotatable bonds is 5. The van der Waals surface area contributed by atoms with E-state index in [4.69, 9.17) is 32.4 Å². The fourth-order valence-electron chi connectivity index (χ4n) is 3.88. The van der Waals surface area contributed by atoms with Gasteiger partial charge >= 0.3 is 5.97 Å². The average molecular weight is 537 g/mol. The van der Waals surface area contributed by atoms with Crippen LogP contribution in [0.25, 0.3) is 16.7 Å². The van der Waals surface area contributed by atoms with Crippen LogP contribution in [-0.4, -0.2) is 32.4 Å². The molecule has 5 aromatic rings. The Balaban J connectivity index is 1.91. The molecule has 0 atom stereocenters. The van der Waals surface area contributed by atoms with Gasteiger partial charge in [-0.05, 0) is 55.5 Å². The van der Waals surface area contributed by atoms with Crippen LogP contribution in [0.15, 0.2) is 81.3 Å². The molecule has 0 saturated carbocycles. The summed E-state index contributed by atoms with van der Waals surface area (Å²) in [7, 11) is 0. The summed E-state index contributed by atoms with van der Waals surface area (Å²) in [4.78, 5) is 48.7. The van der Waals surface area contributed by atoms with E-state index in [0.717, 1.165) is 0 Å². The van der Waals surface area contributed by atoms with Gasteiger partial charge in [-0.1, -0.05) is 29.3 Å². The molecular formula is C26H18Cl2N4O5. The number of hydrogen-bond donors (Lipinski definition) is 0. The number of fused-ring (bicyclic) bond motifs is 2. The predicted molar refractivity (Wildman–Crippen MR) is 137 cm³/mol. The molecule has 0 spiro atoms. The first kappa shape index (κ1) is 24.5. The Kier molecular flexibility index (Phi) is 6.64. The maximum atomic E-state index is 13.4. The number of nitrogens with zero attached hydrogens (tertiary/aromatic N) is 4. The van der Waals surface area contributed by atoms with Gasteiger partial charge < -0.3 is 13.7 Å². The number of amides is 1. The molecule has 37 heavy (non-hydrogen) atoms. The van der Waals surface area contributed by atoms with Crippen LogP contribution in [-0.2, 0) is 11.3 Å². The molecule has 9 nitrogen and oxygen atoms in total. The molecule has 0 radical (unpaired) electrons. The van der Waals surface area contributed by atoms with E-state index in [2.05, 4.69) is 9.98 Å². The fraction of sp³-hybridized carbons (Fsp3) is 0.115. The number of ether oxygens (including phenoxy) is 1. The zero-order chi connectivity index (χ0) is 26.1. The quantitative estimate of drug-likeness (QED) is 0.241. The molecule has 11 heteroatoms. The molecule has 0 fully saturated rings. The lowest BCUT2D eigenvalue weighted by atomic mass is 10.2. The maximum Gasteiger partial charge on any atom is 0.341 e. The number of halogens is 2. The second-order valence-electron chi connectivity index (χ2n) is 7.89. The Morgan fingerprint density at radius 3 is 2.68 bits per heavy atom. The van der Waals surface area contributed by atoms with Gasteiger partial charge in [-0.15, -0.1) is 0 Å². The number of aromatic nitrogens is 3. The van der Waals surface area contributed by atoms with Gasteiger partial charge in [0.1, 0.15) is 22.6 Å². The summed E-state index contributed by atoms with van der Waals surface area (Å²) < 4.78 is 13.6. The molecule has 4 aromatic heterocycles. The Morgan fingerprint density at radius 2 is 1.92 bits per heavy atom. The van der Waals surface area contributed by atoms with Gasteiger partial charge in [-0.2, -0.15) is 4.99 Å². The molecule has 0 aliphatic rings. The van der Waals surface area contributed by atoms with Gasteiger partial charge in [0.2, 0.25) is 0 Å². The van der Waals surface area contributed by atoms with E-state index < -0.39 is 17.4 Å². The summed E-state index contributed by atoms with van der Waals surface area (Å²) in [6.07, 6.45) is 3.06. The van der Waals surface area contributed by atoms with Crippen LogP contribution in [0.3, 0.4) is 0 Å². The molecule has 0 aliphatic heterocycles. The second kappa shape index (κ2) is 10.0. The van der Waals surface area contributed by atoms with E-state index in [0.29, 0.717) is 11.4 Å². The lowest BCUT2D eigenvalue weighted by Crippen LogP contribution is -2.33. The molecule has 5 rings (SSSR count). The zero-order valence-electron chi connectivity index (χ0n) is 19.4. The van der Waals surface area contributed by atoms with Crippen molar-refractivity contribution in [3.05, 3.63) is 110 Å². The van der Waals surface area contributed by atoms with E-state index in [1.54, 1.807) is 49.5 Å². The molecule has 0 unspecified atom stereocenters. The Labute approximate surface area is 219 Å². The highest BCUT2D eigenvalue weighted by Gasteiger charge is 2.21. The molecule has 0 aliphatic carbocycles. The van der Waals surface area contributed by atoms with Crippen LogP contribution < -0.4 is 11.0 Å². The Morgan fingerprint density at radius 1 is 1.08 bits per heavy atom. The zero-order valence-corrected chi connectivity index (χ0v) is 20.9. The molecule has 4 heterocycles. The normalized spacial score (nSPS) is 11.8. The largest absolute Gasteiger partial charge is 0.467 e. The summed E-state index contributed by atoms with van der Waals surface area (Å²) in [6, 6.07) is 14.3. The summed E-state index contributed by atoms with van der Waals surface area (Å²) >= 11 is 12.3. The third kappa shape index (κ3) is 4.66. The first-order valence-electron chi connectivity index (χ1n) is 11.2.